The predicted octanol–water partition coefficient (Wildman–Crippen LogP) is 3.63. The number of hydrogen-bond acceptors (Lipinski definition) is 11. The first-order chi connectivity index (χ1) is 20.9. The average molecular weight is 614 g/mol. The van der Waals surface area contributed by atoms with Gasteiger partial charge in [-0.3, -0.25) is 9.59 Å². The van der Waals surface area contributed by atoms with Crippen LogP contribution in [0.2, 0.25) is 0 Å². The van der Waals surface area contributed by atoms with Crippen molar-refractivity contribution in [2.75, 3.05) is 44.8 Å². The number of nitrogens with zero attached hydrogens (tertiary/aromatic N) is 6. The van der Waals surface area contributed by atoms with Gasteiger partial charge in [-0.25, -0.2) is 24.1 Å². The fourth-order valence-corrected chi connectivity index (χ4v) is 4.98. The number of ether oxygens (including phenoxy) is 3. The molecular formula is C30H43N7O7. The van der Waals surface area contributed by atoms with Crippen molar-refractivity contribution in [1.29, 1.82) is 5.26 Å². The first-order valence-electron chi connectivity index (χ1n) is 14.9. The number of fused-ring (bicyclic) bond motifs is 1. The fourth-order valence-electron chi connectivity index (χ4n) is 4.98. The third-order valence-electron chi connectivity index (χ3n) is 7.29. The smallest absolute Gasteiger partial charge is 0.419 e. The molecule has 0 spiro atoms. The van der Waals surface area contributed by atoms with Crippen LogP contribution < -0.4 is 10.2 Å². The highest BCUT2D eigenvalue weighted by Gasteiger charge is 2.33. The summed E-state index contributed by atoms with van der Waals surface area (Å²) in [4.78, 5) is 61.2. The molecule has 14 nitrogen and oxygen atoms in total. The molecule has 2 aromatic heterocycles. The fraction of sp³-hybridized carbons (Fsp3) is 0.633. The summed E-state index contributed by atoms with van der Waals surface area (Å²) in [5, 5.41) is 12.2. The highest BCUT2D eigenvalue weighted by atomic mass is 16.6. The van der Waals surface area contributed by atoms with Crippen LogP contribution in [-0.2, 0) is 23.8 Å². The van der Waals surface area contributed by atoms with Gasteiger partial charge < -0.3 is 29.3 Å². The second kappa shape index (κ2) is 15.9. The number of carbonyl (C=O) groups is 4. The van der Waals surface area contributed by atoms with Crippen molar-refractivity contribution in [3.8, 4) is 6.07 Å². The highest BCUT2D eigenvalue weighted by molar-refractivity contribution is 5.93. The number of hydrogen-bond donors (Lipinski definition) is 1. The van der Waals surface area contributed by atoms with Gasteiger partial charge in [-0.15, -0.1) is 0 Å². The molecule has 2 aromatic rings. The van der Waals surface area contributed by atoms with Gasteiger partial charge in [-0.2, -0.15) is 5.26 Å². The zero-order valence-corrected chi connectivity index (χ0v) is 26.2. The van der Waals surface area contributed by atoms with Gasteiger partial charge in [0.2, 0.25) is 5.91 Å². The van der Waals surface area contributed by atoms with E-state index in [9.17, 15) is 19.2 Å². The van der Waals surface area contributed by atoms with E-state index in [-0.39, 0.29) is 43.9 Å². The lowest BCUT2D eigenvalue weighted by atomic mass is 9.92. The number of nitrogens with one attached hydrogen (secondary N) is 1. The van der Waals surface area contributed by atoms with Gasteiger partial charge in [0.15, 0.2) is 5.65 Å². The summed E-state index contributed by atoms with van der Waals surface area (Å²) in [6.07, 6.45) is 4.71. The first kappa shape index (κ1) is 34.1. The van der Waals surface area contributed by atoms with Gasteiger partial charge in [0, 0.05) is 39.3 Å². The summed E-state index contributed by atoms with van der Waals surface area (Å²) in [5.41, 5.74) is -0.181. The van der Waals surface area contributed by atoms with Gasteiger partial charge >= 0.3 is 18.2 Å². The molecule has 0 radical (unpaired) electrons. The predicted molar refractivity (Wildman–Crippen MR) is 161 cm³/mol. The van der Waals surface area contributed by atoms with Gasteiger partial charge in [0.05, 0.1) is 17.5 Å². The van der Waals surface area contributed by atoms with Crippen molar-refractivity contribution in [1.82, 2.24) is 24.8 Å². The summed E-state index contributed by atoms with van der Waals surface area (Å²) in [7, 11) is 1.90. The van der Waals surface area contributed by atoms with Gasteiger partial charge in [0.1, 0.15) is 37.4 Å². The van der Waals surface area contributed by atoms with Crippen molar-refractivity contribution >= 4 is 40.9 Å². The lowest BCUT2D eigenvalue weighted by Gasteiger charge is -2.42. The molecule has 0 saturated carbocycles. The minimum atomic E-state index is -0.667. The van der Waals surface area contributed by atoms with Crippen LogP contribution >= 0.6 is 0 Å². The van der Waals surface area contributed by atoms with E-state index in [2.05, 4.69) is 22.2 Å². The van der Waals surface area contributed by atoms with Gasteiger partial charge in [0.25, 0.3) is 0 Å². The van der Waals surface area contributed by atoms with Crippen LogP contribution in [0.4, 0.5) is 15.4 Å². The van der Waals surface area contributed by atoms with E-state index in [1.165, 1.54) is 10.9 Å². The Morgan fingerprint density at radius 2 is 1.89 bits per heavy atom. The number of esters is 1. The van der Waals surface area contributed by atoms with E-state index in [1.54, 1.807) is 37.9 Å². The number of unbranched alkanes of at least 4 members (excludes halogenated alkanes) is 2. The topological polar surface area (TPSA) is 169 Å². The molecule has 240 valence electrons. The van der Waals surface area contributed by atoms with Crippen molar-refractivity contribution in [3.63, 3.8) is 0 Å². The van der Waals surface area contributed by atoms with Crippen LogP contribution in [0.3, 0.4) is 0 Å². The minimum absolute atomic E-state index is 0.0385. The molecule has 14 heteroatoms. The maximum Gasteiger partial charge on any atom is 0.419 e. The molecule has 0 aromatic carbocycles. The highest BCUT2D eigenvalue weighted by Crippen LogP contribution is 2.29. The van der Waals surface area contributed by atoms with E-state index in [0.717, 1.165) is 12.8 Å². The summed E-state index contributed by atoms with van der Waals surface area (Å²) in [6.45, 7) is 8.85. The number of anilines is 1. The maximum absolute atomic E-state index is 12.8. The normalized spacial score (nSPS) is 16.6. The Kier molecular flexibility index (Phi) is 12.3. The van der Waals surface area contributed by atoms with Crippen molar-refractivity contribution in [3.05, 3.63) is 18.6 Å². The minimum Gasteiger partial charge on any atom is -0.462 e. The molecule has 3 heterocycles. The maximum atomic E-state index is 12.8. The molecule has 3 rings (SSSR count). The number of rotatable bonds is 12. The summed E-state index contributed by atoms with van der Waals surface area (Å²) >= 11 is 0. The van der Waals surface area contributed by atoms with Crippen LogP contribution in [-0.4, -0.2) is 95.0 Å². The molecule has 0 aliphatic carbocycles. The molecule has 44 heavy (non-hydrogen) atoms. The quantitative estimate of drug-likeness (QED) is 0.211. The van der Waals surface area contributed by atoms with Crippen LogP contribution in [0.25, 0.3) is 11.0 Å². The number of alkyl carbamates (subject to hydrolysis) is 1. The first-order valence-corrected chi connectivity index (χ1v) is 14.9. The molecule has 1 aliphatic rings. The lowest BCUT2D eigenvalue weighted by molar-refractivity contribution is -0.144. The number of amides is 2. The molecule has 2 amide bonds. The van der Waals surface area contributed by atoms with Crippen LogP contribution in [0.15, 0.2) is 18.6 Å². The Labute approximate surface area is 257 Å². The third kappa shape index (κ3) is 9.82. The Bertz CT molecular complexity index is 1350. The number of piperidine rings is 1. The SMILES string of the molecule is C[C@@H]1CCN(C(=O)CC#N)C[C@@H]1N(C)c1ncnc2c1ccn2C(=O)OCCOC(=O)CCCCCNC(=O)OC(C)(C)C. The second-order valence-electron chi connectivity index (χ2n) is 11.8. The third-order valence-corrected chi connectivity index (χ3v) is 7.29. The lowest BCUT2D eigenvalue weighted by Crippen LogP contribution is -2.52. The number of aromatic nitrogens is 3. The van der Waals surface area contributed by atoms with Crippen LogP contribution in [0.1, 0.15) is 66.2 Å². The monoisotopic (exact) mass is 613 g/mol. The Balaban J connectivity index is 1.43. The van der Waals surface area contributed by atoms with Crippen molar-refractivity contribution in [2.45, 2.75) is 77.9 Å². The van der Waals surface area contributed by atoms with Gasteiger partial charge in [-0.05, 0) is 52.0 Å². The summed E-state index contributed by atoms with van der Waals surface area (Å²) in [6, 6.07) is 3.62. The zero-order valence-electron chi connectivity index (χ0n) is 26.2. The second-order valence-corrected chi connectivity index (χ2v) is 11.8. The summed E-state index contributed by atoms with van der Waals surface area (Å²) < 4.78 is 16.9. The Morgan fingerprint density at radius 1 is 1.14 bits per heavy atom. The van der Waals surface area contributed by atoms with E-state index in [1.807, 2.05) is 18.0 Å². The number of likely N-dealkylation sites (tertiary alicyclic amines) is 1. The van der Waals surface area contributed by atoms with E-state index >= 15 is 0 Å². The molecule has 1 saturated heterocycles. The standard InChI is InChI=1S/C30H43N7O7/c1-21-11-15-36(24(38)10-13-31)19-23(21)35(5)26-22-12-16-37(27(22)34-20-33-26)29(41)43-18-17-42-25(39)9-7-6-8-14-32-28(40)44-30(2,3)4/h12,16,20-21,23H,6-11,14-15,17-19H2,1-5H3,(H,32,40)/t21-,23+/m1/s1. The van der Waals surface area contributed by atoms with Crippen molar-refractivity contribution < 1.29 is 33.4 Å². The van der Waals surface area contributed by atoms with E-state index in [4.69, 9.17) is 19.5 Å². The number of likely N-dealkylation sites (N-methyl/N-ethyl adjacent to an activating group) is 1. The molecule has 0 bridgehead atoms. The van der Waals surface area contributed by atoms with Crippen LogP contribution in [0.5, 0.6) is 0 Å². The zero-order chi connectivity index (χ0) is 32.3. The average Bonchev–Trinajstić information content (AvgIpc) is 3.40. The van der Waals surface area contributed by atoms with Crippen LogP contribution in [0, 0.1) is 17.2 Å². The molecule has 1 aliphatic heterocycles. The molecule has 0 unspecified atom stereocenters. The molecule has 1 fully saturated rings. The van der Waals surface area contributed by atoms with E-state index in [0.29, 0.717) is 49.3 Å². The molecule has 1 N–H and O–H groups in total. The Morgan fingerprint density at radius 3 is 2.61 bits per heavy atom. The molecular weight excluding hydrogens is 570 g/mol. The van der Waals surface area contributed by atoms with E-state index < -0.39 is 23.8 Å². The number of nitriles is 1. The summed E-state index contributed by atoms with van der Waals surface area (Å²) in [5.74, 6) is 0.308. The Hall–Kier alpha value is -4.41. The molecule has 2 atom stereocenters. The van der Waals surface area contributed by atoms with Crippen molar-refractivity contribution in [2.24, 2.45) is 5.92 Å². The number of carbonyl (C=O) groups excluding carboxylic acids is 4. The van der Waals surface area contributed by atoms with Gasteiger partial charge in [-0.1, -0.05) is 13.3 Å². The largest absolute Gasteiger partial charge is 0.462 e.